The molecule has 114 valence electrons. The largest absolute Gasteiger partial charge is 0.384 e. The smallest absolute Gasteiger partial charge is 0.251 e. The first-order valence-corrected chi connectivity index (χ1v) is 7.27. The van der Waals surface area contributed by atoms with E-state index in [2.05, 4.69) is 0 Å². The van der Waals surface area contributed by atoms with Crippen molar-refractivity contribution in [3.05, 3.63) is 35.4 Å². The number of hydrogen-bond donors (Lipinski definition) is 1. The summed E-state index contributed by atoms with van der Waals surface area (Å²) in [7, 11) is 0. The summed E-state index contributed by atoms with van der Waals surface area (Å²) in [5, 5.41) is 9.29. The van der Waals surface area contributed by atoms with Gasteiger partial charge in [0.25, 0.3) is 5.91 Å². The second-order valence-electron chi connectivity index (χ2n) is 5.54. The summed E-state index contributed by atoms with van der Waals surface area (Å²) >= 11 is 0. The Hall–Kier alpha value is -1.88. The highest BCUT2D eigenvalue weighted by Crippen LogP contribution is 2.09. The molecule has 0 bridgehead atoms. The Balaban J connectivity index is 1.86. The van der Waals surface area contributed by atoms with Crippen LogP contribution in [0.15, 0.2) is 24.3 Å². The number of amides is 2. The van der Waals surface area contributed by atoms with Crippen molar-refractivity contribution in [2.75, 3.05) is 26.2 Å². The number of rotatable bonds is 3. The Morgan fingerprint density at radius 3 is 2.14 bits per heavy atom. The van der Waals surface area contributed by atoms with Gasteiger partial charge in [0.05, 0.1) is 6.42 Å². The van der Waals surface area contributed by atoms with E-state index in [1.807, 2.05) is 31.2 Å². The number of piperazine rings is 1. The molecule has 1 saturated heterocycles. The van der Waals surface area contributed by atoms with Crippen LogP contribution in [-0.4, -0.2) is 59.0 Å². The summed E-state index contributed by atoms with van der Waals surface area (Å²) in [5.41, 5.74) is 2.18. The zero-order valence-electron chi connectivity index (χ0n) is 12.6. The van der Waals surface area contributed by atoms with E-state index in [-0.39, 0.29) is 11.8 Å². The highest BCUT2D eigenvalue weighted by molar-refractivity contribution is 5.81. The third-order valence-corrected chi connectivity index (χ3v) is 3.78. The summed E-state index contributed by atoms with van der Waals surface area (Å²) < 4.78 is 0. The van der Waals surface area contributed by atoms with Crippen molar-refractivity contribution in [3.63, 3.8) is 0 Å². The number of benzene rings is 1. The molecule has 0 saturated carbocycles. The Morgan fingerprint density at radius 2 is 1.62 bits per heavy atom. The van der Waals surface area contributed by atoms with Gasteiger partial charge in [-0.3, -0.25) is 9.59 Å². The summed E-state index contributed by atoms with van der Waals surface area (Å²) in [5.74, 6) is -0.177. The number of hydrogen-bond acceptors (Lipinski definition) is 3. The molecule has 0 spiro atoms. The van der Waals surface area contributed by atoms with Gasteiger partial charge in [0, 0.05) is 26.2 Å². The molecule has 0 aliphatic carbocycles. The molecule has 1 fully saturated rings. The van der Waals surface area contributed by atoms with Crippen LogP contribution in [0.5, 0.6) is 0 Å². The van der Waals surface area contributed by atoms with E-state index in [1.165, 1.54) is 12.5 Å². The van der Waals surface area contributed by atoms with Crippen molar-refractivity contribution in [1.82, 2.24) is 9.80 Å². The second-order valence-corrected chi connectivity index (χ2v) is 5.54. The molecule has 5 heteroatoms. The van der Waals surface area contributed by atoms with Crippen LogP contribution < -0.4 is 0 Å². The van der Waals surface area contributed by atoms with Crippen molar-refractivity contribution in [2.24, 2.45) is 0 Å². The Labute approximate surface area is 125 Å². The van der Waals surface area contributed by atoms with E-state index in [0.29, 0.717) is 32.6 Å². The lowest BCUT2D eigenvalue weighted by molar-refractivity contribution is -0.144. The Kier molecular flexibility index (Phi) is 4.96. The van der Waals surface area contributed by atoms with Gasteiger partial charge in [-0.1, -0.05) is 29.8 Å². The highest BCUT2D eigenvalue weighted by Gasteiger charge is 2.25. The van der Waals surface area contributed by atoms with Crippen molar-refractivity contribution >= 4 is 11.8 Å². The number of nitrogens with zero attached hydrogens (tertiary/aromatic N) is 2. The van der Waals surface area contributed by atoms with Crippen LogP contribution in [0.25, 0.3) is 0 Å². The first-order chi connectivity index (χ1) is 9.97. The van der Waals surface area contributed by atoms with Crippen molar-refractivity contribution in [2.45, 2.75) is 26.4 Å². The second kappa shape index (κ2) is 6.72. The van der Waals surface area contributed by atoms with Gasteiger partial charge in [-0.05, 0) is 19.4 Å². The predicted molar refractivity (Wildman–Crippen MR) is 79.7 cm³/mol. The molecule has 0 radical (unpaired) electrons. The maximum atomic E-state index is 12.2. The maximum Gasteiger partial charge on any atom is 0.251 e. The van der Waals surface area contributed by atoms with Gasteiger partial charge in [-0.15, -0.1) is 0 Å². The highest BCUT2D eigenvalue weighted by atomic mass is 16.3. The molecule has 5 nitrogen and oxygen atoms in total. The standard InChI is InChI=1S/C16H22N2O3/c1-12-3-5-14(6-4-12)11-15(20)17-7-9-18(10-8-17)16(21)13(2)19/h3-6,13,19H,7-11H2,1-2H3. The number of carbonyl (C=O) groups is 2. The molecule has 1 heterocycles. The molecule has 2 rings (SSSR count). The maximum absolute atomic E-state index is 12.2. The SMILES string of the molecule is Cc1ccc(CC(=O)N2CCN(C(=O)C(C)O)CC2)cc1. The van der Waals surface area contributed by atoms with Crippen LogP contribution in [0.3, 0.4) is 0 Å². The van der Waals surface area contributed by atoms with E-state index >= 15 is 0 Å². The van der Waals surface area contributed by atoms with Gasteiger partial charge >= 0.3 is 0 Å². The molecular formula is C16H22N2O3. The quantitative estimate of drug-likeness (QED) is 0.886. The van der Waals surface area contributed by atoms with Gasteiger partial charge in [0.1, 0.15) is 6.10 Å². The first kappa shape index (κ1) is 15.5. The summed E-state index contributed by atoms with van der Waals surface area (Å²) in [4.78, 5) is 27.3. The lowest BCUT2D eigenvalue weighted by Gasteiger charge is -2.35. The van der Waals surface area contributed by atoms with Crippen molar-refractivity contribution < 1.29 is 14.7 Å². The lowest BCUT2D eigenvalue weighted by Crippen LogP contribution is -2.52. The molecule has 1 aliphatic heterocycles. The molecule has 2 amide bonds. The number of aliphatic hydroxyl groups is 1. The van der Waals surface area contributed by atoms with Crippen LogP contribution in [-0.2, 0) is 16.0 Å². The zero-order valence-corrected chi connectivity index (χ0v) is 12.6. The topological polar surface area (TPSA) is 60.9 Å². The minimum atomic E-state index is -0.972. The third kappa shape index (κ3) is 4.04. The average molecular weight is 290 g/mol. The Morgan fingerprint density at radius 1 is 1.10 bits per heavy atom. The van der Waals surface area contributed by atoms with Gasteiger partial charge in [0.2, 0.25) is 5.91 Å². The zero-order chi connectivity index (χ0) is 15.4. The fourth-order valence-corrected chi connectivity index (χ4v) is 2.43. The van der Waals surface area contributed by atoms with Crippen LogP contribution in [0.4, 0.5) is 0 Å². The first-order valence-electron chi connectivity index (χ1n) is 7.27. The monoisotopic (exact) mass is 290 g/mol. The number of carbonyl (C=O) groups excluding carboxylic acids is 2. The summed E-state index contributed by atoms with van der Waals surface area (Å²) in [6.07, 6.45) is -0.579. The van der Waals surface area contributed by atoms with Crippen LogP contribution in [0, 0.1) is 6.92 Å². The van der Waals surface area contributed by atoms with E-state index in [1.54, 1.807) is 9.80 Å². The third-order valence-electron chi connectivity index (χ3n) is 3.78. The van der Waals surface area contributed by atoms with E-state index in [0.717, 1.165) is 5.56 Å². The minimum Gasteiger partial charge on any atom is -0.384 e. The lowest BCUT2D eigenvalue weighted by atomic mass is 10.1. The van der Waals surface area contributed by atoms with Crippen molar-refractivity contribution in [3.8, 4) is 0 Å². The predicted octanol–water partition coefficient (Wildman–Crippen LogP) is 0.589. The average Bonchev–Trinajstić information content (AvgIpc) is 2.49. The summed E-state index contributed by atoms with van der Waals surface area (Å²) in [6.45, 7) is 5.53. The fourth-order valence-electron chi connectivity index (χ4n) is 2.43. The fraction of sp³-hybridized carbons (Fsp3) is 0.500. The molecule has 0 aromatic heterocycles. The molecule has 1 N–H and O–H groups in total. The van der Waals surface area contributed by atoms with Gasteiger partial charge in [-0.25, -0.2) is 0 Å². The normalized spacial score (nSPS) is 16.7. The van der Waals surface area contributed by atoms with Gasteiger partial charge in [0.15, 0.2) is 0 Å². The van der Waals surface area contributed by atoms with Crippen LogP contribution in [0.2, 0.25) is 0 Å². The van der Waals surface area contributed by atoms with Crippen molar-refractivity contribution in [1.29, 1.82) is 0 Å². The van der Waals surface area contributed by atoms with E-state index < -0.39 is 6.10 Å². The molecule has 1 unspecified atom stereocenters. The molecular weight excluding hydrogens is 268 g/mol. The van der Waals surface area contributed by atoms with E-state index in [9.17, 15) is 14.7 Å². The molecule has 1 aliphatic rings. The van der Waals surface area contributed by atoms with Crippen LogP contribution in [0.1, 0.15) is 18.1 Å². The summed E-state index contributed by atoms with van der Waals surface area (Å²) in [6, 6.07) is 7.95. The van der Waals surface area contributed by atoms with Crippen LogP contribution >= 0.6 is 0 Å². The van der Waals surface area contributed by atoms with E-state index in [4.69, 9.17) is 0 Å². The molecule has 21 heavy (non-hydrogen) atoms. The van der Waals surface area contributed by atoms with Gasteiger partial charge < -0.3 is 14.9 Å². The molecule has 1 aromatic rings. The number of aliphatic hydroxyl groups excluding tert-OH is 1. The molecule has 1 atom stereocenters. The Bertz CT molecular complexity index is 503. The van der Waals surface area contributed by atoms with Gasteiger partial charge in [-0.2, -0.15) is 0 Å². The number of aryl methyl sites for hydroxylation is 1. The minimum absolute atomic E-state index is 0.0861. The molecule has 1 aromatic carbocycles.